The van der Waals surface area contributed by atoms with Gasteiger partial charge < -0.3 is 15.9 Å². The summed E-state index contributed by atoms with van der Waals surface area (Å²) in [5, 5.41) is 22.2. The standard InChI is InChI=1S/C21H28FNO4/c1-11-7-14-15-4-3-12-8-13(24)5-6-19(12,2)21(15,22)17(25)9-16(14)20(11,27)18(26)10-23/h5-6,8,11,14-17,25,27H,3-4,7,9-10,23H2,1-2H3/t11-,14+,15+,16+,17+,19+,20-,21+/m1/s1. The first kappa shape index (κ1) is 19.0. The molecule has 0 saturated heterocycles. The van der Waals surface area contributed by atoms with Crippen LogP contribution in [0.15, 0.2) is 23.8 Å². The molecule has 0 aromatic rings. The monoisotopic (exact) mass is 377 g/mol. The van der Waals surface area contributed by atoms with Crippen LogP contribution in [0.5, 0.6) is 0 Å². The quantitative estimate of drug-likeness (QED) is 0.677. The van der Waals surface area contributed by atoms with Gasteiger partial charge in [-0.15, -0.1) is 0 Å². The number of carbonyl (C=O) groups excluding carboxylic acids is 2. The van der Waals surface area contributed by atoms with Crippen molar-refractivity contribution in [1.82, 2.24) is 0 Å². The second-order valence-corrected chi connectivity index (χ2v) is 9.13. The number of rotatable bonds is 2. The molecule has 0 heterocycles. The summed E-state index contributed by atoms with van der Waals surface area (Å²) in [5.41, 5.74) is 1.70. The number of hydrogen-bond acceptors (Lipinski definition) is 5. The first-order valence-electron chi connectivity index (χ1n) is 9.87. The van der Waals surface area contributed by atoms with Gasteiger partial charge in [0.15, 0.2) is 17.2 Å². The molecule has 0 aromatic heterocycles. The molecule has 4 aliphatic carbocycles. The maximum Gasteiger partial charge on any atom is 0.178 e. The Kier molecular flexibility index (Phi) is 4.09. The lowest BCUT2D eigenvalue weighted by Gasteiger charge is -2.59. The molecule has 3 fully saturated rings. The molecule has 0 spiro atoms. The van der Waals surface area contributed by atoms with Gasteiger partial charge in [-0.1, -0.05) is 18.6 Å². The summed E-state index contributed by atoms with van der Waals surface area (Å²) < 4.78 is 16.7. The van der Waals surface area contributed by atoms with E-state index in [2.05, 4.69) is 0 Å². The molecule has 148 valence electrons. The van der Waals surface area contributed by atoms with E-state index in [1.165, 1.54) is 12.2 Å². The van der Waals surface area contributed by atoms with Gasteiger partial charge in [0.1, 0.15) is 5.60 Å². The van der Waals surface area contributed by atoms with E-state index < -0.39 is 40.4 Å². The number of hydrogen-bond donors (Lipinski definition) is 3. The number of carbonyl (C=O) groups is 2. The minimum absolute atomic E-state index is 0.0227. The summed E-state index contributed by atoms with van der Waals surface area (Å²) in [5.74, 6) is -2.06. The average molecular weight is 377 g/mol. The Labute approximate surface area is 158 Å². The third-order valence-electron chi connectivity index (χ3n) is 8.19. The Morgan fingerprint density at radius 3 is 2.74 bits per heavy atom. The fourth-order valence-corrected chi connectivity index (χ4v) is 6.76. The number of fused-ring (bicyclic) bond motifs is 5. The summed E-state index contributed by atoms with van der Waals surface area (Å²) in [4.78, 5) is 24.3. The van der Waals surface area contributed by atoms with Crippen LogP contribution >= 0.6 is 0 Å². The van der Waals surface area contributed by atoms with E-state index >= 15 is 4.39 Å². The fraction of sp³-hybridized carbons (Fsp3) is 0.714. The third kappa shape index (κ3) is 2.15. The Bertz CT molecular complexity index is 763. The number of halogens is 1. The summed E-state index contributed by atoms with van der Waals surface area (Å²) in [7, 11) is 0. The SMILES string of the molecule is C[C@@H]1C[C@@H]2[C@H](C[C@H](O)[C@@]3(F)[C@H]2CCC2=CC(=O)C=C[C@@]23C)[C@@]1(O)C(=O)CN. The van der Waals surface area contributed by atoms with Crippen LogP contribution in [-0.2, 0) is 9.59 Å². The zero-order chi connectivity index (χ0) is 19.8. The van der Waals surface area contributed by atoms with Crippen LogP contribution in [0.4, 0.5) is 4.39 Å². The van der Waals surface area contributed by atoms with Crippen LogP contribution in [0.3, 0.4) is 0 Å². The molecule has 0 aliphatic heterocycles. The summed E-state index contributed by atoms with van der Waals surface area (Å²) in [6.45, 7) is 3.31. The zero-order valence-electron chi connectivity index (χ0n) is 15.8. The van der Waals surface area contributed by atoms with E-state index in [0.717, 1.165) is 5.57 Å². The van der Waals surface area contributed by atoms with Crippen LogP contribution < -0.4 is 5.73 Å². The molecule has 3 saturated carbocycles. The Hall–Kier alpha value is -1.37. The highest BCUT2D eigenvalue weighted by molar-refractivity contribution is 6.01. The van der Waals surface area contributed by atoms with E-state index in [-0.39, 0.29) is 30.6 Å². The van der Waals surface area contributed by atoms with Crippen molar-refractivity contribution in [2.24, 2.45) is 34.8 Å². The van der Waals surface area contributed by atoms with Crippen LogP contribution in [0.25, 0.3) is 0 Å². The minimum Gasteiger partial charge on any atom is -0.390 e. The number of allylic oxidation sites excluding steroid dienone is 4. The molecular formula is C21H28FNO4. The van der Waals surface area contributed by atoms with E-state index in [0.29, 0.717) is 19.3 Å². The Morgan fingerprint density at radius 1 is 1.37 bits per heavy atom. The lowest BCUT2D eigenvalue weighted by Crippen LogP contribution is -2.66. The molecule has 0 bridgehead atoms. The van der Waals surface area contributed by atoms with Gasteiger partial charge in [0.05, 0.1) is 12.6 Å². The predicted molar refractivity (Wildman–Crippen MR) is 97.3 cm³/mol. The minimum atomic E-state index is -1.92. The van der Waals surface area contributed by atoms with E-state index in [4.69, 9.17) is 5.73 Å². The first-order valence-corrected chi connectivity index (χ1v) is 9.87. The molecule has 5 nitrogen and oxygen atoms in total. The largest absolute Gasteiger partial charge is 0.390 e. The maximum atomic E-state index is 16.7. The lowest BCUT2D eigenvalue weighted by molar-refractivity contribution is -0.190. The number of aliphatic hydroxyl groups is 2. The van der Waals surface area contributed by atoms with Crippen molar-refractivity contribution >= 4 is 11.6 Å². The number of ketones is 2. The van der Waals surface area contributed by atoms with Gasteiger partial charge in [-0.3, -0.25) is 9.59 Å². The summed E-state index contributed by atoms with van der Waals surface area (Å²) in [6, 6.07) is 0. The van der Waals surface area contributed by atoms with Crippen molar-refractivity contribution in [2.45, 2.75) is 56.9 Å². The smallest absolute Gasteiger partial charge is 0.178 e. The van der Waals surface area contributed by atoms with Crippen molar-refractivity contribution in [3.8, 4) is 0 Å². The number of alkyl halides is 1. The number of Topliss-reactive ketones (excluding diaryl/α,β-unsaturated/α-hetero) is 1. The van der Waals surface area contributed by atoms with Gasteiger partial charge in [0, 0.05) is 17.3 Å². The number of nitrogens with two attached hydrogens (primary N) is 1. The molecular weight excluding hydrogens is 349 g/mol. The molecule has 6 heteroatoms. The van der Waals surface area contributed by atoms with Gasteiger partial charge in [0.2, 0.25) is 0 Å². The predicted octanol–water partition coefficient (Wildman–Crippen LogP) is 1.47. The highest BCUT2D eigenvalue weighted by Crippen LogP contribution is 2.66. The highest BCUT2D eigenvalue weighted by atomic mass is 19.1. The maximum absolute atomic E-state index is 16.7. The van der Waals surface area contributed by atoms with Crippen LogP contribution in [-0.4, -0.2) is 45.7 Å². The van der Waals surface area contributed by atoms with E-state index in [9.17, 15) is 19.8 Å². The van der Waals surface area contributed by atoms with E-state index in [1.807, 2.05) is 6.92 Å². The molecule has 8 atom stereocenters. The molecule has 0 unspecified atom stereocenters. The first-order chi connectivity index (χ1) is 12.6. The molecule has 0 amide bonds. The van der Waals surface area contributed by atoms with Gasteiger partial charge in [-0.2, -0.15) is 0 Å². The topological polar surface area (TPSA) is 101 Å². The third-order valence-corrected chi connectivity index (χ3v) is 8.19. The van der Waals surface area contributed by atoms with Gasteiger partial charge in [-0.05, 0) is 56.6 Å². The van der Waals surface area contributed by atoms with Crippen LogP contribution in [0.1, 0.15) is 39.5 Å². The normalized spacial score (nSPS) is 51.3. The van der Waals surface area contributed by atoms with Gasteiger partial charge in [0.25, 0.3) is 0 Å². The van der Waals surface area contributed by atoms with E-state index in [1.54, 1.807) is 13.0 Å². The van der Waals surface area contributed by atoms with Crippen molar-refractivity contribution in [3.63, 3.8) is 0 Å². The molecule has 0 radical (unpaired) electrons. The van der Waals surface area contributed by atoms with Gasteiger partial charge >= 0.3 is 0 Å². The second kappa shape index (κ2) is 5.82. The number of aliphatic hydroxyl groups excluding tert-OH is 1. The van der Waals surface area contributed by atoms with Crippen molar-refractivity contribution in [1.29, 1.82) is 0 Å². The zero-order valence-corrected chi connectivity index (χ0v) is 15.8. The highest BCUT2D eigenvalue weighted by Gasteiger charge is 2.71. The molecule has 4 aliphatic rings. The van der Waals surface area contributed by atoms with Crippen LogP contribution in [0, 0.1) is 29.1 Å². The average Bonchev–Trinajstić information content (AvgIpc) is 2.88. The summed E-state index contributed by atoms with van der Waals surface area (Å²) in [6.07, 6.45) is 4.81. The fourth-order valence-electron chi connectivity index (χ4n) is 6.76. The Balaban J connectivity index is 1.78. The van der Waals surface area contributed by atoms with Crippen molar-refractivity contribution in [3.05, 3.63) is 23.8 Å². The van der Waals surface area contributed by atoms with Crippen LogP contribution in [0.2, 0.25) is 0 Å². The van der Waals surface area contributed by atoms with Gasteiger partial charge in [-0.25, -0.2) is 4.39 Å². The lowest BCUT2D eigenvalue weighted by atomic mass is 9.48. The second-order valence-electron chi connectivity index (χ2n) is 9.13. The molecule has 0 aromatic carbocycles. The van der Waals surface area contributed by atoms with Crippen molar-refractivity contribution in [2.75, 3.05) is 6.54 Å². The Morgan fingerprint density at radius 2 is 2.07 bits per heavy atom. The van der Waals surface area contributed by atoms with Crippen molar-refractivity contribution < 1.29 is 24.2 Å². The molecule has 4 N–H and O–H groups in total. The summed E-state index contributed by atoms with van der Waals surface area (Å²) >= 11 is 0. The molecule has 27 heavy (non-hydrogen) atoms. The molecule has 4 rings (SSSR count).